The van der Waals surface area contributed by atoms with Crippen LogP contribution in [0.2, 0.25) is 0 Å². The molecule has 0 saturated carbocycles. The van der Waals surface area contributed by atoms with Gasteiger partial charge in [0.05, 0.1) is 0 Å². The molecule has 0 spiro atoms. The first-order valence-corrected chi connectivity index (χ1v) is 4.15. The molecule has 0 radical (unpaired) electrons. The Morgan fingerprint density at radius 3 is 2.58 bits per heavy atom. The van der Waals surface area contributed by atoms with Gasteiger partial charge in [0.2, 0.25) is 0 Å². The van der Waals surface area contributed by atoms with Gasteiger partial charge in [-0.05, 0) is 19.4 Å². The largest absolute Gasteiger partial charge is 0.462 e. The topological polar surface area (TPSA) is 26.3 Å². The highest BCUT2D eigenvalue weighted by Gasteiger charge is 1.87. The van der Waals surface area contributed by atoms with Gasteiger partial charge in [-0.15, -0.1) is 0 Å². The fourth-order valence-electron chi connectivity index (χ4n) is 0.783. The van der Waals surface area contributed by atoms with Crippen molar-refractivity contribution in [3.63, 3.8) is 0 Å². The van der Waals surface area contributed by atoms with E-state index in [9.17, 15) is 4.79 Å². The highest BCUT2D eigenvalue weighted by molar-refractivity contribution is 5.66. The third-order valence-electron chi connectivity index (χ3n) is 1.49. The highest BCUT2D eigenvalue weighted by atomic mass is 16.5. The smallest absolute Gasteiger partial charge is 0.302 e. The third-order valence-corrected chi connectivity index (χ3v) is 1.49. The summed E-state index contributed by atoms with van der Waals surface area (Å²) in [5.41, 5.74) is 1.25. The van der Waals surface area contributed by atoms with Crippen molar-refractivity contribution < 1.29 is 9.53 Å². The van der Waals surface area contributed by atoms with Crippen LogP contribution in [-0.2, 0) is 9.53 Å². The number of carbonyl (C=O) groups excluding carboxylic acids is 1. The van der Waals surface area contributed by atoms with Crippen LogP contribution < -0.4 is 0 Å². The van der Waals surface area contributed by atoms with Crippen molar-refractivity contribution in [1.29, 1.82) is 0 Å². The van der Waals surface area contributed by atoms with Gasteiger partial charge < -0.3 is 4.74 Å². The second-order valence-corrected chi connectivity index (χ2v) is 2.42. The quantitative estimate of drug-likeness (QED) is 0.476. The minimum atomic E-state index is -0.238. The van der Waals surface area contributed by atoms with Crippen LogP contribution in [0, 0.1) is 0 Å². The Hall–Kier alpha value is -1.05. The second-order valence-electron chi connectivity index (χ2n) is 2.42. The van der Waals surface area contributed by atoms with Crippen molar-refractivity contribution in [1.82, 2.24) is 0 Å². The van der Waals surface area contributed by atoms with Gasteiger partial charge in [-0.25, -0.2) is 0 Å². The van der Waals surface area contributed by atoms with Crippen LogP contribution in [0.25, 0.3) is 0 Å². The Balaban J connectivity index is 3.68. The number of hydrogen-bond donors (Lipinski definition) is 0. The Kier molecular flexibility index (Phi) is 6.07. The summed E-state index contributed by atoms with van der Waals surface area (Å²) in [5, 5.41) is 0. The summed E-state index contributed by atoms with van der Waals surface area (Å²) in [6.45, 7) is 5.86. The van der Waals surface area contributed by atoms with Crippen molar-refractivity contribution >= 4 is 5.97 Å². The van der Waals surface area contributed by atoms with Gasteiger partial charge in [-0.3, -0.25) is 4.79 Å². The van der Waals surface area contributed by atoms with E-state index in [-0.39, 0.29) is 5.97 Å². The standard InChI is InChI=1S/C10H16O2/c1-4-10(5-2)7-6-8-12-9(3)11/h4,6-7H,5,8H2,1-3H3/b7-6+,10-4+. The zero-order valence-corrected chi connectivity index (χ0v) is 7.96. The average Bonchev–Trinajstić information content (AvgIpc) is 2.04. The van der Waals surface area contributed by atoms with E-state index in [0.717, 1.165) is 6.42 Å². The number of allylic oxidation sites excluding steroid dienone is 3. The summed E-state index contributed by atoms with van der Waals surface area (Å²) in [4.78, 5) is 10.4. The van der Waals surface area contributed by atoms with Gasteiger partial charge in [-0.2, -0.15) is 0 Å². The fourth-order valence-corrected chi connectivity index (χ4v) is 0.783. The zero-order chi connectivity index (χ0) is 9.40. The fraction of sp³-hybridized carbons (Fsp3) is 0.500. The Bertz CT molecular complexity index is 190. The van der Waals surface area contributed by atoms with Crippen LogP contribution in [-0.4, -0.2) is 12.6 Å². The number of ether oxygens (including phenoxy) is 1. The molecule has 0 heterocycles. The molecule has 0 aliphatic heterocycles. The van der Waals surface area contributed by atoms with E-state index in [1.54, 1.807) is 0 Å². The molecule has 0 aliphatic rings. The van der Waals surface area contributed by atoms with E-state index in [4.69, 9.17) is 4.74 Å². The molecule has 0 aromatic carbocycles. The number of hydrogen-bond acceptors (Lipinski definition) is 2. The van der Waals surface area contributed by atoms with E-state index in [2.05, 4.69) is 6.92 Å². The molecule has 0 unspecified atom stereocenters. The van der Waals surface area contributed by atoms with Crippen LogP contribution in [0.4, 0.5) is 0 Å². The number of esters is 1. The molecule has 12 heavy (non-hydrogen) atoms. The van der Waals surface area contributed by atoms with Gasteiger partial charge in [0, 0.05) is 6.92 Å². The molecule has 0 aromatic rings. The van der Waals surface area contributed by atoms with Gasteiger partial charge in [0.1, 0.15) is 6.61 Å². The lowest BCUT2D eigenvalue weighted by Crippen LogP contribution is -1.97. The summed E-state index contributed by atoms with van der Waals surface area (Å²) in [6, 6.07) is 0. The molecule has 0 fully saturated rings. The van der Waals surface area contributed by atoms with E-state index in [0.29, 0.717) is 6.61 Å². The van der Waals surface area contributed by atoms with Crippen LogP contribution in [0.15, 0.2) is 23.8 Å². The SMILES string of the molecule is C/C=C(/C=C/COC(C)=O)CC. The van der Waals surface area contributed by atoms with E-state index >= 15 is 0 Å². The summed E-state index contributed by atoms with van der Waals surface area (Å²) >= 11 is 0. The Morgan fingerprint density at radius 1 is 1.50 bits per heavy atom. The molecule has 0 amide bonds. The lowest BCUT2D eigenvalue weighted by molar-refractivity contribution is -0.139. The molecule has 0 rings (SSSR count). The molecule has 2 heteroatoms. The second kappa shape index (κ2) is 6.65. The first kappa shape index (κ1) is 11.0. The molecule has 0 N–H and O–H groups in total. The van der Waals surface area contributed by atoms with E-state index < -0.39 is 0 Å². The molecular weight excluding hydrogens is 152 g/mol. The Labute approximate surface area is 73.9 Å². The molecule has 2 nitrogen and oxygen atoms in total. The molecular formula is C10H16O2. The van der Waals surface area contributed by atoms with Crippen LogP contribution in [0.3, 0.4) is 0 Å². The van der Waals surface area contributed by atoms with Gasteiger partial charge in [0.15, 0.2) is 0 Å². The predicted molar refractivity (Wildman–Crippen MR) is 49.8 cm³/mol. The molecule has 0 atom stereocenters. The zero-order valence-electron chi connectivity index (χ0n) is 7.96. The first-order valence-electron chi connectivity index (χ1n) is 4.15. The first-order chi connectivity index (χ1) is 5.70. The monoisotopic (exact) mass is 168 g/mol. The average molecular weight is 168 g/mol. The summed E-state index contributed by atoms with van der Waals surface area (Å²) in [6.07, 6.45) is 6.88. The van der Waals surface area contributed by atoms with Gasteiger partial charge in [-0.1, -0.05) is 24.6 Å². The van der Waals surface area contributed by atoms with Crippen LogP contribution in [0.1, 0.15) is 27.2 Å². The van der Waals surface area contributed by atoms with E-state index in [1.165, 1.54) is 12.5 Å². The minimum Gasteiger partial charge on any atom is -0.462 e. The normalized spacial score (nSPS) is 12.1. The Morgan fingerprint density at radius 2 is 2.17 bits per heavy atom. The summed E-state index contributed by atoms with van der Waals surface area (Å²) in [7, 11) is 0. The molecule has 0 aromatic heterocycles. The van der Waals surface area contributed by atoms with Gasteiger partial charge in [0.25, 0.3) is 0 Å². The summed E-state index contributed by atoms with van der Waals surface area (Å²) < 4.78 is 4.73. The molecule has 68 valence electrons. The van der Waals surface area contributed by atoms with Crippen molar-refractivity contribution in [2.75, 3.05) is 6.61 Å². The van der Waals surface area contributed by atoms with Crippen LogP contribution in [0.5, 0.6) is 0 Å². The maximum atomic E-state index is 10.4. The van der Waals surface area contributed by atoms with E-state index in [1.807, 2.05) is 25.2 Å². The van der Waals surface area contributed by atoms with Crippen molar-refractivity contribution in [3.05, 3.63) is 23.8 Å². The van der Waals surface area contributed by atoms with Gasteiger partial charge >= 0.3 is 5.97 Å². The molecule has 0 aliphatic carbocycles. The predicted octanol–water partition coefficient (Wildman–Crippen LogP) is 2.46. The minimum absolute atomic E-state index is 0.238. The number of rotatable bonds is 4. The van der Waals surface area contributed by atoms with Crippen LogP contribution >= 0.6 is 0 Å². The lowest BCUT2D eigenvalue weighted by Gasteiger charge is -1.96. The van der Waals surface area contributed by atoms with Crippen molar-refractivity contribution in [2.24, 2.45) is 0 Å². The highest BCUT2D eigenvalue weighted by Crippen LogP contribution is 2.01. The summed E-state index contributed by atoms with van der Waals surface area (Å²) in [5.74, 6) is -0.238. The van der Waals surface area contributed by atoms with Crippen molar-refractivity contribution in [3.8, 4) is 0 Å². The lowest BCUT2D eigenvalue weighted by atomic mass is 10.2. The molecule has 0 bridgehead atoms. The third kappa shape index (κ3) is 5.71. The maximum Gasteiger partial charge on any atom is 0.302 e. The maximum absolute atomic E-state index is 10.4. The molecule has 0 saturated heterocycles. The van der Waals surface area contributed by atoms with Crippen molar-refractivity contribution in [2.45, 2.75) is 27.2 Å². The number of carbonyl (C=O) groups is 1.